The van der Waals surface area contributed by atoms with Gasteiger partial charge in [0.2, 0.25) is 0 Å². The highest BCUT2D eigenvalue weighted by atomic mass is 14.5. The summed E-state index contributed by atoms with van der Waals surface area (Å²) in [7, 11) is 0. The third kappa shape index (κ3) is 7.54. The second-order valence-electron chi connectivity index (χ2n) is 2.82. The van der Waals surface area contributed by atoms with Crippen LogP contribution in [0.1, 0.15) is 45.4 Å². The lowest BCUT2D eigenvalue weighted by molar-refractivity contribution is 0.629. The van der Waals surface area contributed by atoms with Crippen LogP contribution in [-0.2, 0) is 0 Å². The van der Waals surface area contributed by atoms with Gasteiger partial charge in [0.1, 0.15) is 0 Å². The van der Waals surface area contributed by atoms with Crippen molar-refractivity contribution in [2.75, 3.05) is 0 Å². The van der Waals surface area contributed by atoms with Crippen LogP contribution in [0.25, 0.3) is 0 Å². The molecule has 0 spiro atoms. The van der Waals surface area contributed by atoms with Crippen molar-refractivity contribution >= 4 is 0 Å². The first kappa shape index (κ1) is 9.54. The molecule has 2 N–H and O–H groups in total. The Morgan fingerprint density at radius 3 is 2.30 bits per heavy atom. The predicted octanol–water partition coefficient (Wildman–Crippen LogP) is 2.82. The Morgan fingerprint density at radius 2 is 1.80 bits per heavy atom. The van der Waals surface area contributed by atoms with Crippen molar-refractivity contribution < 1.29 is 0 Å². The molecule has 0 unspecified atom stereocenters. The summed E-state index contributed by atoms with van der Waals surface area (Å²) >= 11 is 0. The van der Waals surface area contributed by atoms with E-state index >= 15 is 0 Å². The molecule has 0 aromatic rings. The fourth-order valence-corrected chi connectivity index (χ4v) is 0.956. The second kappa shape index (κ2) is 6.66. The summed E-state index contributed by atoms with van der Waals surface area (Å²) in [5, 5.41) is 0. The van der Waals surface area contributed by atoms with Crippen LogP contribution in [0, 0.1) is 0 Å². The van der Waals surface area contributed by atoms with Crippen LogP contribution < -0.4 is 5.73 Å². The molecule has 0 aliphatic carbocycles. The number of rotatable bonds is 6. The maximum absolute atomic E-state index is 5.41. The van der Waals surface area contributed by atoms with Gasteiger partial charge in [-0.25, -0.2) is 0 Å². The Kier molecular flexibility index (Phi) is 6.35. The van der Waals surface area contributed by atoms with E-state index in [9.17, 15) is 0 Å². The smallest absolute Gasteiger partial charge is 0.000744 e. The molecule has 0 aliphatic heterocycles. The molecule has 0 aromatic carbocycles. The zero-order valence-corrected chi connectivity index (χ0v) is 7.03. The molecule has 0 aliphatic rings. The summed E-state index contributed by atoms with van der Waals surface area (Å²) < 4.78 is 0. The standard InChI is InChI=1S/C9H19N/c1-3-4-5-6-7-8-9(2)10/h2-8,10H2,1H3. The summed E-state index contributed by atoms with van der Waals surface area (Å²) in [5.41, 5.74) is 6.24. The third-order valence-corrected chi connectivity index (χ3v) is 1.60. The maximum Gasteiger partial charge on any atom is 0.000744 e. The first-order chi connectivity index (χ1) is 4.77. The van der Waals surface area contributed by atoms with Crippen molar-refractivity contribution in [3.63, 3.8) is 0 Å². The van der Waals surface area contributed by atoms with E-state index in [-0.39, 0.29) is 0 Å². The minimum Gasteiger partial charge on any atom is -0.403 e. The topological polar surface area (TPSA) is 26.0 Å². The average Bonchev–Trinajstić information content (AvgIpc) is 1.87. The number of nitrogens with two attached hydrogens (primary N) is 1. The molecule has 0 fully saturated rings. The van der Waals surface area contributed by atoms with Crippen molar-refractivity contribution in [3.8, 4) is 0 Å². The summed E-state index contributed by atoms with van der Waals surface area (Å²) in [5.74, 6) is 0. The SMILES string of the molecule is C=C(N)CCCCCCC. The fraction of sp³-hybridized carbons (Fsp3) is 0.778. The van der Waals surface area contributed by atoms with Gasteiger partial charge in [-0.05, 0) is 12.8 Å². The molecular formula is C9H19N. The number of hydrogen-bond acceptors (Lipinski definition) is 1. The van der Waals surface area contributed by atoms with Crippen molar-refractivity contribution in [2.24, 2.45) is 5.73 Å². The monoisotopic (exact) mass is 141 g/mol. The van der Waals surface area contributed by atoms with Gasteiger partial charge in [-0.1, -0.05) is 39.2 Å². The number of unbranched alkanes of at least 4 members (excludes halogenated alkanes) is 4. The van der Waals surface area contributed by atoms with Crippen LogP contribution in [0.3, 0.4) is 0 Å². The van der Waals surface area contributed by atoms with Gasteiger partial charge >= 0.3 is 0 Å². The van der Waals surface area contributed by atoms with E-state index in [1.807, 2.05) is 0 Å². The van der Waals surface area contributed by atoms with Gasteiger partial charge in [-0.2, -0.15) is 0 Å². The lowest BCUT2D eigenvalue weighted by atomic mass is 10.1. The third-order valence-electron chi connectivity index (χ3n) is 1.60. The first-order valence-corrected chi connectivity index (χ1v) is 4.20. The van der Waals surface area contributed by atoms with E-state index in [0.29, 0.717) is 0 Å². The number of allylic oxidation sites excluding steroid dienone is 1. The number of hydrogen-bond donors (Lipinski definition) is 1. The first-order valence-electron chi connectivity index (χ1n) is 4.20. The predicted molar refractivity (Wildman–Crippen MR) is 46.7 cm³/mol. The van der Waals surface area contributed by atoms with E-state index in [2.05, 4.69) is 13.5 Å². The molecule has 0 amide bonds. The quantitative estimate of drug-likeness (QED) is 0.565. The van der Waals surface area contributed by atoms with Gasteiger partial charge in [0.15, 0.2) is 0 Å². The molecule has 0 saturated carbocycles. The van der Waals surface area contributed by atoms with Crippen LogP contribution in [0.4, 0.5) is 0 Å². The molecule has 0 rings (SSSR count). The molecule has 0 aromatic heterocycles. The van der Waals surface area contributed by atoms with Crippen LogP contribution in [0.2, 0.25) is 0 Å². The summed E-state index contributed by atoms with van der Waals surface area (Å²) in [6, 6.07) is 0. The van der Waals surface area contributed by atoms with Gasteiger partial charge < -0.3 is 5.73 Å². The molecule has 1 heteroatoms. The molecule has 1 nitrogen and oxygen atoms in total. The fourth-order valence-electron chi connectivity index (χ4n) is 0.956. The van der Waals surface area contributed by atoms with Crippen molar-refractivity contribution in [3.05, 3.63) is 12.3 Å². The second-order valence-corrected chi connectivity index (χ2v) is 2.82. The molecule has 0 saturated heterocycles. The van der Waals surface area contributed by atoms with E-state index in [0.717, 1.165) is 12.1 Å². The van der Waals surface area contributed by atoms with Gasteiger partial charge in [0.25, 0.3) is 0 Å². The largest absolute Gasteiger partial charge is 0.403 e. The van der Waals surface area contributed by atoms with Gasteiger partial charge in [0.05, 0.1) is 0 Å². The Bertz CT molecular complexity index is 86.7. The minimum absolute atomic E-state index is 0.830. The molecule has 0 radical (unpaired) electrons. The highest BCUT2D eigenvalue weighted by molar-refractivity contribution is 4.84. The Morgan fingerprint density at radius 1 is 1.20 bits per heavy atom. The Labute approximate surface area is 64.3 Å². The van der Waals surface area contributed by atoms with Crippen molar-refractivity contribution in [2.45, 2.75) is 45.4 Å². The molecule has 10 heavy (non-hydrogen) atoms. The average molecular weight is 141 g/mol. The Balaban J connectivity index is 2.84. The van der Waals surface area contributed by atoms with Crippen LogP contribution in [-0.4, -0.2) is 0 Å². The van der Waals surface area contributed by atoms with Gasteiger partial charge in [-0.3, -0.25) is 0 Å². The molecule has 60 valence electrons. The summed E-state index contributed by atoms with van der Waals surface area (Å²) in [4.78, 5) is 0. The Hall–Kier alpha value is -0.460. The molecule has 0 bridgehead atoms. The van der Waals surface area contributed by atoms with E-state index in [4.69, 9.17) is 5.73 Å². The van der Waals surface area contributed by atoms with Crippen LogP contribution >= 0.6 is 0 Å². The van der Waals surface area contributed by atoms with Gasteiger partial charge in [-0.15, -0.1) is 0 Å². The minimum atomic E-state index is 0.830. The van der Waals surface area contributed by atoms with E-state index in [1.165, 1.54) is 32.1 Å². The molecule has 0 heterocycles. The maximum atomic E-state index is 5.41. The van der Waals surface area contributed by atoms with E-state index < -0.39 is 0 Å². The summed E-state index contributed by atoms with van der Waals surface area (Å²) in [6.45, 7) is 5.87. The van der Waals surface area contributed by atoms with Crippen molar-refractivity contribution in [1.82, 2.24) is 0 Å². The normalized spacial score (nSPS) is 9.70. The van der Waals surface area contributed by atoms with E-state index in [1.54, 1.807) is 0 Å². The zero-order valence-electron chi connectivity index (χ0n) is 7.03. The highest BCUT2D eigenvalue weighted by Gasteiger charge is 1.88. The van der Waals surface area contributed by atoms with Crippen LogP contribution in [0.15, 0.2) is 12.3 Å². The molecule has 0 atom stereocenters. The molecular weight excluding hydrogens is 122 g/mol. The van der Waals surface area contributed by atoms with Crippen molar-refractivity contribution in [1.29, 1.82) is 0 Å². The van der Waals surface area contributed by atoms with Gasteiger partial charge in [0, 0.05) is 5.70 Å². The lowest BCUT2D eigenvalue weighted by Crippen LogP contribution is -1.93. The van der Waals surface area contributed by atoms with Crippen LogP contribution in [0.5, 0.6) is 0 Å². The summed E-state index contributed by atoms with van der Waals surface area (Å²) in [6.07, 6.45) is 7.55. The highest BCUT2D eigenvalue weighted by Crippen LogP contribution is 2.06. The zero-order chi connectivity index (χ0) is 7.82. The lowest BCUT2D eigenvalue weighted by Gasteiger charge is -1.98.